The Bertz CT molecular complexity index is 276. The lowest BCUT2D eigenvalue weighted by Crippen LogP contribution is -2.10. The van der Waals surface area contributed by atoms with Crippen LogP contribution >= 0.6 is 0 Å². The number of aliphatic hydroxyl groups is 1. The second-order valence-electron chi connectivity index (χ2n) is 3.17. The lowest BCUT2D eigenvalue weighted by atomic mass is 9.97. The van der Waals surface area contributed by atoms with Gasteiger partial charge < -0.3 is 5.11 Å². The van der Waals surface area contributed by atoms with Gasteiger partial charge in [0.05, 0.1) is 6.10 Å². The van der Waals surface area contributed by atoms with Gasteiger partial charge in [-0.3, -0.25) is 0 Å². The summed E-state index contributed by atoms with van der Waals surface area (Å²) in [5.41, 5.74) is 1.21. The molecular formula is C11H12O. The maximum atomic E-state index is 9.58. The van der Waals surface area contributed by atoms with E-state index in [4.69, 9.17) is 0 Å². The molecule has 0 aliphatic heterocycles. The van der Waals surface area contributed by atoms with Crippen LogP contribution in [0.25, 0.3) is 0 Å². The molecule has 0 fully saturated rings. The highest BCUT2D eigenvalue weighted by Crippen LogP contribution is 2.28. The molecule has 0 spiro atoms. The Balaban J connectivity index is 2.25. The molecule has 1 N–H and O–H groups in total. The van der Waals surface area contributed by atoms with Crippen LogP contribution in [-0.4, -0.2) is 11.2 Å². The predicted octanol–water partition coefficient (Wildman–Crippen LogP) is 2.09. The normalized spacial score (nSPS) is 27.8. The highest BCUT2D eigenvalue weighted by Gasteiger charge is 2.20. The van der Waals surface area contributed by atoms with Crippen LogP contribution in [0.3, 0.4) is 0 Å². The van der Waals surface area contributed by atoms with E-state index in [1.165, 1.54) is 5.56 Å². The number of benzene rings is 1. The Morgan fingerprint density at radius 3 is 2.50 bits per heavy atom. The average Bonchev–Trinajstić information content (AvgIpc) is 2.53. The number of rotatable bonds is 1. The Morgan fingerprint density at radius 2 is 1.92 bits per heavy atom. The van der Waals surface area contributed by atoms with E-state index in [9.17, 15) is 5.11 Å². The molecule has 0 aromatic heterocycles. The molecule has 2 rings (SSSR count). The molecule has 12 heavy (non-hydrogen) atoms. The van der Waals surface area contributed by atoms with E-state index in [1.54, 1.807) is 0 Å². The summed E-state index contributed by atoms with van der Waals surface area (Å²) in [6.07, 6.45) is 4.70. The third kappa shape index (κ3) is 1.28. The summed E-state index contributed by atoms with van der Waals surface area (Å²) < 4.78 is 0. The van der Waals surface area contributed by atoms with Crippen molar-refractivity contribution < 1.29 is 5.11 Å². The first-order valence-corrected chi connectivity index (χ1v) is 4.27. The molecule has 2 atom stereocenters. The van der Waals surface area contributed by atoms with Crippen molar-refractivity contribution in [3.05, 3.63) is 48.0 Å². The maximum absolute atomic E-state index is 9.58. The lowest BCUT2D eigenvalue weighted by Gasteiger charge is -2.13. The van der Waals surface area contributed by atoms with Crippen molar-refractivity contribution in [3.8, 4) is 0 Å². The highest BCUT2D eigenvalue weighted by atomic mass is 16.3. The second-order valence-corrected chi connectivity index (χ2v) is 3.17. The summed E-state index contributed by atoms with van der Waals surface area (Å²) in [4.78, 5) is 0. The van der Waals surface area contributed by atoms with Crippen molar-refractivity contribution in [2.45, 2.75) is 18.4 Å². The van der Waals surface area contributed by atoms with Crippen LogP contribution in [-0.2, 0) is 0 Å². The van der Waals surface area contributed by atoms with E-state index in [2.05, 4.69) is 18.2 Å². The Labute approximate surface area is 72.4 Å². The quantitative estimate of drug-likeness (QED) is 0.624. The molecule has 0 unspecified atom stereocenters. The summed E-state index contributed by atoms with van der Waals surface area (Å²) in [6.45, 7) is 0. The number of hydrogen-bond acceptors (Lipinski definition) is 1. The zero-order valence-corrected chi connectivity index (χ0v) is 6.85. The van der Waals surface area contributed by atoms with Crippen LogP contribution in [0.5, 0.6) is 0 Å². The third-order valence-corrected chi connectivity index (χ3v) is 2.32. The molecule has 62 valence electrons. The molecular weight excluding hydrogens is 148 g/mol. The average molecular weight is 160 g/mol. The van der Waals surface area contributed by atoms with Gasteiger partial charge in [-0.1, -0.05) is 42.5 Å². The van der Waals surface area contributed by atoms with E-state index in [0.717, 1.165) is 6.42 Å². The van der Waals surface area contributed by atoms with E-state index >= 15 is 0 Å². The van der Waals surface area contributed by atoms with Gasteiger partial charge in [0, 0.05) is 5.92 Å². The fraction of sp³-hybridized carbons (Fsp3) is 0.273. The zero-order chi connectivity index (χ0) is 8.39. The lowest BCUT2D eigenvalue weighted by molar-refractivity contribution is 0.171. The first-order valence-electron chi connectivity index (χ1n) is 4.27. The fourth-order valence-corrected chi connectivity index (χ4v) is 1.65. The highest BCUT2D eigenvalue weighted by molar-refractivity contribution is 5.27. The molecule has 0 saturated carbocycles. The molecule has 0 heterocycles. The van der Waals surface area contributed by atoms with Crippen LogP contribution in [0.4, 0.5) is 0 Å². The van der Waals surface area contributed by atoms with E-state index in [0.29, 0.717) is 0 Å². The van der Waals surface area contributed by atoms with Crippen LogP contribution < -0.4 is 0 Å². The van der Waals surface area contributed by atoms with Crippen molar-refractivity contribution in [2.24, 2.45) is 0 Å². The van der Waals surface area contributed by atoms with Crippen molar-refractivity contribution in [2.75, 3.05) is 0 Å². The predicted molar refractivity (Wildman–Crippen MR) is 48.9 cm³/mol. The summed E-state index contributed by atoms with van der Waals surface area (Å²) in [5.74, 6) is 0.214. The molecule has 1 aliphatic rings. The number of hydrogen-bond donors (Lipinski definition) is 1. The molecule has 0 bridgehead atoms. The Morgan fingerprint density at radius 1 is 1.17 bits per heavy atom. The minimum absolute atomic E-state index is 0.214. The minimum atomic E-state index is -0.215. The van der Waals surface area contributed by atoms with Crippen molar-refractivity contribution in [1.82, 2.24) is 0 Å². The molecule has 0 radical (unpaired) electrons. The van der Waals surface area contributed by atoms with Crippen molar-refractivity contribution in [3.63, 3.8) is 0 Å². The molecule has 1 nitrogen and oxygen atoms in total. The van der Waals surface area contributed by atoms with Gasteiger partial charge in [0.1, 0.15) is 0 Å². The van der Waals surface area contributed by atoms with Gasteiger partial charge in [0.25, 0.3) is 0 Å². The van der Waals surface area contributed by atoms with Gasteiger partial charge in [0.2, 0.25) is 0 Å². The molecule has 1 aliphatic carbocycles. The van der Waals surface area contributed by atoms with Crippen LogP contribution in [0, 0.1) is 0 Å². The third-order valence-electron chi connectivity index (χ3n) is 2.32. The van der Waals surface area contributed by atoms with Gasteiger partial charge in [-0.15, -0.1) is 0 Å². The summed E-state index contributed by atoms with van der Waals surface area (Å²) in [5, 5.41) is 9.58. The SMILES string of the molecule is O[C@@H]1CC=C[C@@H]1c1ccccc1. The summed E-state index contributed by atoms with van der Waals surface area (Å²) in [7, 11) is 0. The van der Waals surface area contributed by atoms with Gasteiger partial charge in [-0.05, 0) is 12.0 Å². The van der Waals surface area contributed by atoms with E-state index in [1.807, 2.05) is 24.3 Å². The van der Waals surface area contributed by atoms with Crippen LogP contribution in [0.15, 0.2) is 42.5 Å². The minimum Gasteiger partial charge on any atom is -0.392 e. The topological polar surface area (TPSA) is 20.2 Å². The zero-order valence-electron chi connectivity index (χ0n) is 6.85. The summed E-state index contributed by atoms with van der Waals surface area (Å²) >= 11 is 0. The molecule has 1 aromatic carbocycles. The van der Waals surface area contributed by atoms with Gasteiger partial charge in [-0.25, -0.2) is 0 Å². The molecule has 1 aromatic rings. The smallest absolute Gasteiger partial charge is 0.0677 e. The largest absolute Gasteiger partial charge is 0.392 e. The maximum Gasteiger partial charge on any atom is 0.0677 e. The molecule has 1 heteroatoms. The Kier molecular flexibility index (Phi) is 1.96. The van der Waals surface area contributed by atoms with Gasteiger partial charge in [0.15, 0.2) is 0 Å². The first-order chi connectivity index (χ1) is 5.88. The Hall–Kier alpha value is -1.08. The van der Waals surface area contributed by atoms with Gasteiger partial charge in [-0.2, -0.15) is 0 Å². The second kappa shape index (κ2) is 3.11. The van der Waals surface area contributed by atoms with Crippen LogP contribution in [0.2, 0.25) is 0 Å². The van der Waals surface area contributed by atoms with E-state index in [-0.39, 0.29) is 12.0 Å². The van der Waals surface area contributed by atoms with Crippen molar-refractivity contribution >= 4 is 0 Å². The fourth-order valence-electron chi connectivity index (χ4n) is 1.65. The standard InChI is InChI=1S/C11H12O/c12-11-8-4-7-10(11)9-5-2-1-3-6-9/h1-7,10-12H,8H2/t10-,11-/m1/s1. The first kappa shape index (κ1) is 7.56. The monoisotopic (exact) mass is 160 g/mol. The van der Waals surface area contributed by atoms with Crippen molar-refractivity contribution in [1.29, 1.82) is 0 Å². The van der Waals surface area contributed by atoms with Gasteiger partial charge >= 0.3 is 0 Å². The molecule has 0 saturated heterocycles. The number of aliphatic hydroxyl groups excluding tert-OH is 1. The molecule has 0 amide bonds. The summed E-state index contributed by atoms with van der Waals surface area (Å²) in [6, 6.07) is 10.1. The van der Waals surface area contributed by atoms with Crippen LogP contribution in [0.1, 0.15) is 17.9 Å². The van der Waals surface area contributed by atoms with E-state index < -0.39 is 0 Å².